The molecule has 0 unspecified atom stereocenters. The minimum Gasteiger partial charge on any atom is -0.325 e. The van der Waals surface area contributed by atoms with Crippen LogP contribution in [0.3, 0.4) is 0 Å². The van der Waals surface area contributed by atoms with E-state index in [2.05, 4.69) is 25.8 Å². The summed E-state index contributed by atoms with van der Waals surface area (Å²) in [5.74, 6) is -0.393. The van der Waals surface area contributed by atoms with Crippen LogP contribution in [0.25, 0.3) is 11.3 Å². The SMILES string of the molecule is CC(=O)Nc1c(C)cccc1-c1nnc(SCC(=O)Nc2ccc(C)cc2C)[nH]c1=O. The summed E-state index contributed by atoms with van der Waals surface area (Å²) in [5, 5.41) is 13.9. The number of amides is 2. The Morgan fingerprint density at radius 2 is 1.81 bits per heavy atom. The van der Waals surface area contributed by atoms with Gasteiger partial charge >= 0.3 is 0 Å². The van der Waals surface area contributed by atoms with Crippen LogP contribution in [0.5, 0.6) is 0 Å². The van der Waals surface area contributed by atoms with E-state index in [0.717, 1.165) is 34.1 Å². The second-order valence-electron chi connectivity index (χ2n) is 7.14. The average Bonchev–Trinajstić information content (AvgIpc) is 2.70. The van der Waals surface area contributed by atoms with E-state index in [-0.39, 0.29) is 28.4 Å². The van der Waals surface area contributed by atoms with Crippen molar-refractivity contribution in [1.82, 2.24) is 15.2 Å². The highest BCUT2D eigenvalue weighted by atomic mass is 32.2. The number of carbonyl (C=O) groups excluding carboxylic acids is 2. The van der Waals surface area contributed by atoms with Gasteiger partial charge in [-0.25, -0.2) is 0 Å². The fraction of sp³-hybridized carbons (Fsp3) is 0.227. The Morgan fingerprint density at radius 1 is 1.03 bits per heavy atom. The molecule has 3 aromatic rings. The fourth-order valence-electron chi connectivity index (χ4n) is 3.04. The number of hydrogen-bond acceptors (Lipinski definition) is 6. The van der Waals surface area contributed by atoms with Crippen LogP contribution in [0, 0.1) is 20.8 Å². The molecule has 0 bridgehead atoms. The van der Waals surface area contributed by atoms with Crippen molar-refractivity contribution in [3.63, 3.8) is 0 Å². The number of thioether (sulfide) groups is 1. The van der Waals surface area contributed by atoms with Gasteiger partial charge in [0.25, 0.3) is 5.56 Å². The highest BCUT2D eigenvalue weighted by molar-refractivity contribution is 7.99. The van der Waals surface area contributed by atoms with Crippen molar-refractivity contribution in [2.75, 3.05) is 16.4 Å². The summed E-state index contributed by atoms with van der Waals surface area (Å²) in [6, 6.07) is 11.1. The number of benzene rings is 2. The smallest absolute Gasteiger partial charge is 0.278 e. The summed E-state index contributed by atoms with van der Waals surface area (Å²) in [4.78, 5) is 39.1. The normalized spacial score (nSPS) is 10.6. The van der Waals surface area contributed by atoms with Gasteiger partial charge in [0.05, 0.1) is 11.4 Å². The molecule has 0 aliphatic rings. The summed E-state index contributed by atoms with van der Waals surface area (Å²) in [6.45, 7) is 7.14. The van der Waals surface area contributed by atoms with E-state index in [4.69, 9.17) is 0 Å². The van der Waals surface area contributed by atoms with Crippen LogP contribution in [-0.4, -0.2) is 32.7 Å². The van der Waals surface area contributed by atoms with Crippen molar-refractivity contribution >= 4 is 35.0 Å². The summed E-state index contributed by atoms with van der Waals surface area (Å²) >= 11 is 1.08. The minimum absolute atomic E-state index is 0.0683. The van der Waals surface area contributed by atoms with Crippen LogP contribution in [0.4, 0.5) is 11.4 Å². The highest BCUT2D eigenvalue weighted by Crippen LogP contribution is 2.27. The van der Waals surface area contributed by atoms with Gasteiger partial charge in [0, 0.05) is 18.2 Å². The number of aryl methyl sites for hydroxylation is 3. The third kappa shape index (κ3) is 5.58. The third-order valence-electron chi connectivity index (χ3n) is 4.50. The van der Waals surface area contributed by atoms with Gasteiger partial charge < -0.3 is 10.6 Å². The van der Waals surface area contributed by atoms with E-state index >= 15 is 0 Å². The first-order chi connectivity index (χ1) is 14.7. The van der Waals surface area contributed by atoms with Crippen molar-refractivity contribution in [1.29, 1.82) is 0 Å². The molecular formula is C22H23N5O3S. The highest BCUT2D eigenvalue weighted by Gasteiger charge is 2.15. The predicted octanol–water partition coefficient (Wildman–Crippen LogP) is 3.45. The molecule has 3 N–H and O–H groups in total. The Hall–Kier alpha value is -3.46. The summed E-state index contributed by atoms with van der Waals surface area (Å²) in [7, 11) is 0. The lowest BCUT2D eigenvalue weighted by Gasteiger charge is -2.12. The largest absolute Gasteiger partial charge is 0.325 e. The van der Waals surface area contributed by atoms with Crippen molar-refractivity contribution in [3.8, 4) is 11.3 Å². The van der Waals surface area contributed by atoms with Gasteiger partial charge in [0.1, 0.15) is 0 Å². The molecule has 1 heterocycles. The molecule has 0 saturated carbocycles. The lowest BCUT2D eigenvalue weighted by Crippen LogP contribution is -2.18. The van der Waals surface area contributed by atoms with Crippen LogP contribution < -0.4 is 16.2 Å². The molecule has 0 aliphatic carbocycles. The molecule has 9 heteroatoms. The molecule has 31 heavy (non-hydrogen) atoms. The van der Waals surface area contributed by atoms with E-state index in [0.29, 0.717) is 11.3 Å². The van der Waals surface area contributed by atoms with Crippen LogP contribution in [0.15, 0.2) is 46.3 Å². The van der Waals surface area contributed by atoms with Gasteiger partial charge in [-0.1, -0.05) is 47.7 Å². The lowest BCUT2D eigenvalue weighted by molar-refractivity contribution is -0.114. The minimum atomic E-state index is -0.454. The molecule has 1 aromatic heterocycles. The molecule has 0 atom stereocenters. The molecule has 0 radical (unpaired) electrons. The number of carbonyl (C=O) groups is 2. The maximum Gasteiger partial charge on any atom is 0.278 e. The van der Waals surface area contributed by atoms with Gasteiger partial charge in [0.2, 0.25) is 11.8 Å². The second-order valence-corrected chi connectivity index (χ2v) is 8.11. The Kier molecular flexibility index (Phi) is 6.86. The molecule has 3 rings (SSSR count). The maximum atomic E-state index is 12.6. The van der Waals surface area contributed by atoms with Gasteiger partial charge in [-0.2, -0.15) is 0 Å². The molecule has 160 valence electrons. The van der Waals surface area contributed by atoms with Crippen LogP contribution in [-0.2, 0) is 9.59 Å². The maximum absolute atomic E-state index is 12.6. The number of anilines is 2. The number of rotatable bonds is 6. The molecule has 2 amide bonds. The Balaban J connectivity index is 1.73. The van der Waals surface area contributed by atoms with E-state index in [9.17, 15) is 14.4 Å². The first kappa shape index (κ1) is 22.2. The van der Waals surface area contributed by atoms with Crippen LogP contribution >= 0.6 is 11.8 Å². The fourth-order valence-corrected chi connectivity index (χ4v) is 3.65. The monoisotopic (exact) mass is 437 g/mol. The third-order valence-corrected chi connectivity index (χ3v) is 5.36. The average molecular weight is 438 g/mol. The van der Waals surface area contributed by atoms with E-state index in [1.807, 2.05) is 45.0 Å². The van der Waals surface area contributed by atoms with Crippen molar-refractivity contribution < 1.29 is 9.59 Å². The molecule has 8 nitrogen and oxygen atoms in total. The van der Waals surface area contributed by atoms with Crippen molar-refractivity contribution in [2.45, 2.75) is 32.9 Å². The number of para-hydroxylation sites is 1. The van der Waals surface area contributed by atoms with E-state index in [1.165, 1.54) is 6.92 Å². The van der Waals surface area contributed by atoms with Gasteiger partial charge in [-0.3, -0.25) is 19.4 Å². The van der Waals surface area contributed by atoms with Crippen molar-refractivity contribution in [2.24, 2.45) is 0 Å². The Bertz CT molecular complexity index is 1210. The Labute approximate surface area is 183 Å². The molecule has 0 saturated heterocycles. The molecule has 0 fully saturated rings. The first-order valence-corrected chi connectivity index (χ1v) is 10.6. The molecule has 2 aromatic carbocycles. The zero-order valence-electron chi connectivity index (χ0n) is 17.7. The second kappa shape index (κ2) is 9.57. The lowest BCUT2D eigenvalue weighted by atomic mass is 10.1. The quantitative estimate of drug-likeness (QED) is 0.509. The zero-order valence-corrected chi connectivity index (χ0v) is 18.5. The first-order valence-electron chi connectivity index (χ1n) is 9.59. The number of nitrogens with one attached hydrogen (secondary N) is 3. The number of H-pyrrole nitrogens is 1. The topological polar surface area (TPSA) is 117 Å². The summed E-state index contributed by atoms with van der Waals surface area (Å²) in [6.07, 6.45) is 0. The van der Waals surface area contributed by atoms with Gasteiger partial charge in [0.15, 0.2) is 10.9 Å². The number of aromatic nitrogens is 3. The number of nitrogens with zero attached hydrogens (tertiary/aromatic N) is 2. The molecular weight excluding hydrogens is 414 g/mol. The van der Waals surface area contributed by atoms with E-state index in [1.54, 1.807) is 12.1 Å². The standard InChI is InChI=1S/C22H23N5O3S/c1-12-8-9-17(14(3)10-12)24-18(29)11-31-22-25-21(30)20(26-27-22)16-7-5-6-13(2)19(16)23-15(4)28/h5-10H,11H2,1-4H3,(H,23,28)(H,24,29)(H,25,27,30). The number of hydrogen-bond donors (Lipinski definition) is 3. The molecule has 0 aliphatic heterocycles. The Morgan fingerprint density at radius 3 is 2.48 bits per heavy atom. The van der Waals surface area contributed by atoms with Crippen LogP contribution in [0.1, 0.15) is 23.6 Å². The summed E-state index contributed by atoms with van der Waals surface area (Å²) < 4.78 is 0. The van der Waals surface area contributed by atoms with Crippen LogP contribution in [0.2, 0.25) is 0 Å². The number of aromatic amines is 1. The molecule has 0 spiro atoms. The van der Waals surface area contributed by atoms with E-state index < -0.39 is 5.56 Å². The zero-order chi connectivity index (χ0) is 22.5. The summed E-state index contributed by atoms with van der Waals surface area (Å²) in [5.41, 5.74) is 4.28. The van der Waals surface area contributed by atoms with Gasteiger partial charge in [-0.15, -0.1) is 10.2 Å². The van der Waals surface area contributed by atoms with Gasteiger partial charge in [-0.05, 0) is 38.0 Å². The van der Waals surface area contributed by atoms with Crippen molar-refractivity contribution in [3.05, 3.63) is 63.4 Å². The predicted molar refractivity (Wildman–Crippen MR) is 122 cm³/mol.